The Hall–Kier alpha value is -1.76. The molecule has 0 fully saturated rings. The first-order valence-corrected chi connectivity index (χ1v) is 5.41. The molecule has 6 nitrogen and oxygen atoms in total. The average molecular weight is 239 g/mol. The van der Waals surface area contributed by atoms with Gasteiger partial charge < -0.3 is 14.1 Å². The quantitative estimate of drug-likeness (QED) is 0.818. The van der Waals surface area contributed by atoms with Crippen molar-refractivity contribution in [3.8, 4) is 0 Å². The van der Waals surface area contributed by atoms with E-state index in [0.29, 0.717) is 17.0 Å². The summed E-state index contributed by atoms with van der Waals surface area (Å²) in [6.07, 6.45) is 4.58. The Bertz CT molecular complexity index is 466. The van der Waals surface area contributed by atoms with Crippen LogP contribution in [0.2, 0.25) is 0 Å². The predicted molar refractivity (Wildman–Crippen MR) is 55.2 cm³/mol. The van der Waals surface area contributed by atoms with E-state index >= 15 is 0 Å². The maximum Gasteiger partial charge on any atom is 0.360 e. The normalized spacial score (nSPS) is 10.3. The zero-order valence-electron chi connectivity index (χ0n) is 8.47. The molecule has 1 N–H and O–H groups in total. The Morgan fingerprint density at radius 2 is 2.56 bits per heavy atom. The largest absolute Gasteiger partial charge is 0.461 e. The van der Waals surface area contributed by atoms with Crippen LogP contribution < -0.4 is 0 Å². The summed E-state index contributed by atoms with van der Waals surface area (Å²) in [6.45, 7) is 2.04. The van der Waals surface area contributed by atoms with Gasteiger partial charge >= 0.3 is 5.97 Å². The van der Waals surface area contributed by atoms with Crippen LogP contribution in [-0.2, 0) is 4.74 Å². The highest BCUT2D eigenvalue weighted by atomic mass is 32.2. The highest BCUT2D eigenvalue weighted by Gasteiger charge is 2.14. The number of oxazole rings is 1. The molecule has 84 valence electrons. The van der Waals surface area contributed by atoms with Crippen molar-refractivity contribution in [1.29, 1.82) is 0 Å². The van der Waals surface area contributed by atoms with Crippen LogP contribution in [0, 0.1) is 0 Å². The summed E-state index contributed by atoms with van der Waals surface area (Å²) >= 11 is 1.20. The second-order valence-corrected chi connectivity index (χ2v) is 3.66. The van der Waals surface area contributed by atoms with Gasteiger partial charge in [0, 0.05) is 24.2 Å². The minimum atomic E-state index is -0.488. The van der Waals surface area contributed by atoms with Gasteiger partial charge in [0.15, 0.2) is 10.9 Å². The Balaban J connectivity index is 2.05. The first-order valence-electron chi connectivity index (χ1n) is 4.59. The number of ether oxygens (including phenoxy) is 1. The number of aromatic amines is 1. The number of H-pyrrole nitrogens is 1. The van der Waals surface area contributed by atoms with Crippen LogP contribution >= 0.6 is 11.8 Å². The maximum atomic E-state index is 11.3. The van der Waals surface area contributed by atoms with Gasteiger partial charge in [-0.05, 0) is 6.92 Å². The molecule has 0 saturated carbocycles. The monoisotopic (exact) mass is 239 g/mol. The molecule has 0 aliphatic rings. The van der Waals surface area contributed by atoms with Crippen molar-refractivity contribution in [2.24, 2.45) is 0 Å². The lowest BCUT2D eigenvalue weighted by Gasteiger charge is -1.94. The lowest BCUT2D eigenvalue weighted by molar-refractivity contribution is 0.0519. The van der Waals surface area contributed by atoms with Crippen molar-refractivity contribution in [1.82, 2.24) is 15.0 Å². The Labute approximate surface area is 95.4 Å². The molecule has 0 spiro atoms. The molecule has 0 aliphatic carbocycles. The summed E-state index contributed by atoms with van der Waals surface area (Å²) in [5.41, 5.74) is 0.163. The summed E-state index contributed by atoms with van der Waals surface area (Å²) < 4.78 is 9.88. The SMILES string of the molecule is CCOC(=O)c1coc(Sc2ncc[nH]2)n1. The third-order valence-corrected chi connectivity index (χ3v) is 2.40. The van der Waals surface area contributed by atoms with Crippen LogP contribution in [0.5, 0.6) is 0 Å². The van der Waals surface area contributed by atoms with Crippen molar-refractivity contribution in [2.45, 2.75) is 17.3 Å². The van der Waals surface area contributed by atoms with E-state index in [2.05, 4.69) is 15.0 Å². The van der Waals surface area contributed by atoms with E-state index in [1.807, 2.05) is 0 Å². The third kappa shape index (κ3) is 2.43. The lowest BCUT2D eigenvalue weighted by atomic mass is 10.5. The van der Waals surface area contributed by atoms with E-state index in [1.54, 1.807) is 19.3 Å². The van der Waals surface area contributed by atoms with Gasteiger partial charge in [0.25, 0.3) is 5.22 Å². The van der Waals surface area contributed by atoms with E-state index in [0.717, 1.165) is 0 Å². The van der Waals surface area contributed by atoms with Crippen molar-refractivity contribution in [3.05, 3.63) is 24.4 Å². The second-order valence-electron chi connectivity index (χ2n) is 2.72. The van der Waals surface area contributed by atoms with Gasteiger partial charge in [0.05, 0.1) is 6.61 Å². The minimum absolute atomic E-state index is 0.163. The fourth-order valence-corrected chi connectivity index (χ4v) is 1.64. The second kappa shape index (κ2) is 4.84. The third-order valence-electron chi connectivity index (χ3n) is 1.62. The highest BCUT2D eigenvalue weighted by molar-refractivity contribution is 7.98. The molecule has 0 aliphatic heterocycles. The van der Waals surface area contributed by atoms with Crippen LogP contribution in [0.25, 0.3) is 0 Å². The van der Waals surface area contributed by atoms with Gasteiger partial charge in [-0.15, -0.1) is 0 Å². The lowest BCUT2D eigenvalue weighted by Crippen LogP contribution is -2.04. The zero-order valence-corrected chi connectivity index (χ0v) is 9.28. The summed E-state index contributed by atoms with van der Waals surface area (Å²) in [7, 11) is 0. The van der Waals surface area contributed by atoms with E-state index in [4.69, 9.17) is 9.15 Å². The van der Waals surface area contributed by atoms with Gasteiger partial charge in [-0.2, -0.15) is 4.98 Å². The molecule has 0 bridgehead atoms. The highest BCUT2D eigenvalue weighted by Crippen LogP contribution is 2.23. The van der Waals surface area contributed by atoms with Gasteiger partial charge in [0.1, 0.15) is 6.26 Å². The molecule has 0 amide bonds. The molecule has 0 unspecified atom stereocenters. The number of rotatable bonds is 4. The predicted octanol–water partition coefficient (Wildman–Crippen LogP) is 1.73. The van der Waals surface area contributed by atoms with Gasteiger partial charge in [-0.25, -0.2) is 9.78 Å². The summed E-state index contributed by atoms with van der Waals surface area (Å²) in [5, 5.41) is 0.996. The minimum Gasteiger partial charge on any atom is -0.461 e. The summed E-state index contributed by atoms with van der Waals surface area (Å²) in [5.74, 6) is -0.488. The van der Waals surface area contributed by atoms with Crippen LogP contribution in [0.3, 0.4) is 0 Å². The average Bonchev–Trinajstić information content (AvgIpc) is 2.90. The Kier molecular flexibility index (Phi) is 3.25. The summed E-state index contributed by atoms with van der Waals surface area (Å²) in [6, 6.07) is 0. The smallest absolute Gasteiger partial charge is 0.360 e. The van der Waals surface area contributed by atoms with E-state index in [9.17, 15) is 4.79 Å². The summed E-state index contributed by atoms with van der Waals surface area (Å²) in [4.78, 5) is 22.1. The molecule has 2 aromatic heterocycles. The number of nitrogens with one attached hydrogen (secondary N) is 1. The fraction of sp³-hybridized carbons (Fsp3) is 0.222. The van der Waals surface area contributed by atoms with Gasteiger partial charge in [0.2, 0.25) is 0 Å². The van der Waals surface area contributed by atoms with Crippen molar-refractivity contribution < 1.29 is 13.9 Å². The molecule has 0 saturated heterocycles. The van der Waals surface area contributed by atoms with Gasteiger partial charge in [-0.1, -0.05) is 0 Å². The van der Waals surface area contributed by atoms with Crippen molar-refractivity contribution >= 4 is 17.7 Å². The number of hydrogen-bond acceptors (Lipinski definition) is 6. The number of nitrogens with zero attached hydrogens (tertiary/aromatic N) is 2. The zero-order chi connectivity index (χ0) is 11.4. The molecule has 0 atom stereocenters. The topological polar surface area (TPSA) is 81.0 Å². The number of imidazole rings is 1. The van der Waals surface area contributed by atoms with Gasteiger partial charge in [-0.3, -0.25) is 0 Å². The first-order chi connectivity index (χ1) is 7.79. The van der Waals surface area contributed by atoms with Crippen LogP contribution in [-0.4, -0.2) is 27.5 Å². The maximum absolute atomic E-state index is 11.3. The first kappa shape index (κ1) is 10.7. The van der Waals surface area contributed by atoms with Crippen molar-refractivity contribution in [3.63, 3.8) is 0 Å². The fourth-order valence-electron chi connectivity index (χ4n) is 0.992. The molecule has 7 heteroatoms. The van der Waals surface area contributed by atoms with E-state index in [1.165, 1.54) is 18.0 Å². The molecule has 0 aromatic carbocycles. The Morgan fingerprint density at radius 3 is 3.25 bits per heavy atom. The van der Waals surface area contributed by atoms with Crippen molar-refractivity contribution in [2.75, 3.05) is 6.61 Å². The number of carbonyl (C=O) groups excluding carboxylic acids is 1. The molecule has 2 rings (SSSR count). The number of aromatic nitrogens is 3. The molecule has 0 radical (unpaired) electrons. The van der Waals surface area contributed by atoms with Crippen LogP contribution in [0.4, 0.5) is 0 Å². The molecule has 16 heavy (non-hydrogen) atoms. The van der Waals surface area contributed by atoms with Crippen LogP contribution in [0.1, 0.15) is 17.4 Å². The number of esters is 1. The molecule has 2 aromatic rings. The standard InChI is InChI=1S/C9H9N3O3S/c1-2-14-7(13)6-5-15-9(12-6)16-8-10-3-4-11-8/h3-5H,2H2,1H3,(H,10,11). The molecule has 2 heterocycles. The van der Waals surface area contributed by atoms with E-state index < -0.39 is 5.97 Å². The van der Waals surface area contributed by atoms with Crippen LogP contribution in [0.15, 0.2) is 33.5 Å². The Morgan fingerprint density at radius 1 is 1.69 bits per heavy atom. The number of hydrogen-bond donors (Lipinski definition) is 1. The van der Waals surface area contributed by atoms with E-state index in [-0.39, 0.29) is 5.69 Å². The number of carbonyl (C=O) groups is 1. The molecular formula is C9H9N3O3S. The molecular weight excluding hydrogens is 230 g/mol.